The van der Waals surface area contributed by atoms with Crippen LogP contribution in [-0.2, 0) is 6.42 Å². The lowest BCUT2D eigenvalue weighted by molar-refractivity contribution is 0.416. The number of unbranched alkanes of at least 4 members (excludes halogenated alkanes) is 3. The molecule has 2 rings (SSSR count). The molecule has 2 aromatic rings. The van der Waals surface area contributed by atoms with E-state index >= 15 is 0 Å². The Bertz CT molecular complexity index is 655. The van der Waals surface area contributed by atoms with Crippen molar-refractivity contribution in [2.45, 2.75) is 32.1 Å². The summed E-state index contributed by atoms with van der Waals surface area (Å²) in [5, 5.41) is 0.907. The molecule has 0 unspecified atom stereocenters. The molecule has 0 fully saturated rings. The molecular formula is C16H16F2O2. The van der Waals surface area contributed by atoms with Gasteiger partial charge >= 0.3 is 5.63 Å². The van der Waals surface area contributed by atoms with Crippen molar-refractivity contribution in [3.05, 3.63) is 58.5 Å². The molecule has 1 aromatic heterocycles. The maximum atomic E-state index is 11.8. The van der Waals surface area contributed by atoms with Crippen molar-refractivity contribution in [1.29, 1.82) is 0 Å². The zero-order chi connectivity index (χ0) is 14.4. The molecule has 0 saturated carbocycles. The summed E-state index contributed by atoms with van der Waals surface area (Å²) in [7, 11) is 0. The molecule has 0 radical (unpaired) electrons. The predicted octanol–water partition coefficient (Wildman–Crippen LogP) is 4.68. The molecule has 0 saturated heterocycles. The van der Waals surface area contributed by atoms with Crippen LogP contribution in [0.3, 0.4) is 0 Å². The largest absolute Gasteiger partial charge is 0.423 e. The average Bonchev–Trinajstić information content (AvgIpc) is 2.42. The molecule has 4 heteroatoms. The molecule has 0 aliphatic carbocycles. The molecule has 20 heavy (non-hydrogen) atoms. The zero-order valence-corrected chi connectivity index (χ0v) is 11.1. The van der Waals surface area contributed by atoms with E-state index in [0.29, 0.717) is 30.4 Å². The maximum Gasteiger partial charge on any atom is 0.339 e. The minimum atomic E-state index is -1.62. The summed E-state index contributed by atoms with van der Waals surface area (Å²) in [6, 6.07) is 9.23. The van der Waals surface area contributed by atoms with E-state index in [2.05, 4.69) is 0 Å². The van der Waals surface area contributed by atoms with E-state index in [1.165, 1.54) is 0 Å². The minimum absolute atomic E-state index is 0.307. The van der Waals surface area contributed by atoms with Crippen LogP contribution in [0.1, 0.15) is 31.2 Å². The van der Waals surface area contributed by atoms with Gasteiger partial charge in [-0.1, -0.05) is 24.6 Å². The van der Waals surface area contributed by atoms with Crippen LogP contribution in [0.2, 0.25) is 0 Å². The highest BCUT2D eigenvalue weighted by atomic mass is 19.3. The summed E-state index contributed by atoms with van der Waals surface area (Å²) in [6.07, 6.45) is 2.63. The van der Waals surface area contributed by atoms with E-state index in [9.17, 15) is 13.6 Å². The Labute approximate surface area is 115 Å². The number of halogens is 2. The van der Waals surface area contributed by atoms with Gasteiger partial charge in [0.1, 0.15) is 5.58 Å². The van der Waals surface area contributed by atoms with Crippen LogP contribution in [0, 0.1) is 0 Å². The van der Waals surface area contributed by atoms with Gasteiger partial charge in [0.2, 0.25) is 0 Å². The number of aryl methyl sites for hydroxylation is 1. The lowest BCUT2D eigenvalue weighted by Crippen LogP contribution is -2.06. The van der Waals surface area contributed by atoms with Gasteiger partial charge in [-0.05, 0) is 43.9 Å². The summed E-state index contributed by atoms with van der Waals surface area (Å²) < 4.78 is 28.9. The molecule has 0 aliphatic rings. The first-order chi connectivity index (χ1) is 9.66. The number of allylic oxidation sites excluding steroid dienone is 1. The van der Waals surface area contributed by atoms with Crippen LogP contribution in [-0.4, -0.2) is 0 Å². The fourth-order valence-electron chi connectivity index (χ4n) is 2.13. The molecule has 0 N–H and O–H groups in total. The van der Waals surface area contributed by atoms with E-state index in [-0.39, 0.29) is 5.63 Å². The second kappa shape index (κ2) is 6.98. The van der Waals surface area contributed by atoms with Crippen LogP contribution in [0.15, 0.2) is 51.7 Å². The predicted molar refractivity (Wildman–Crippen MR) is 75.0 cm³/mol. The van der Waals surface area contributed by atoms with Gasteiger partial charge in [0.15, 0.2) is 0 Å². The second-order valence-electron chi connectivity index (χ2n) is 4.69. The number of hydrogen-bond acceptors (Lipinski definition) is 2. The first kappa shape index (κ1) is 14.4. The smallest absolute Gasteiger partial charge is 0.339 e. The molecular weight excluding hydrogens is 262 g/mol. The summed E-state index contributed by atoms with van der Waals surface area (Å²) in [6.45, 7) is 0. The molecule has 2 nitrogen and oxygen atoms in total. The quantitative estimate of drug-likeness (QED) is 0.567. The van der Waals surface area contributed by atoms with E-state index in [1.807, 2.05) is 24.3 Å². The fraction of sp³-hybridized carbons (Fsp3) is 0.312. The van der Waals surface area contributed by atoms with E-state index in [4.69, 9.17) is 4.42 Å². The van der Waals surface area contributed by atoms with Crippen molar-refractivity contribution in [2.24, 2.45) is 0 Å². The van der Waals surface area contributed by atoms with Crippen LogP contribution >= 0.6 is 0 Å². The Morgan fingerprint density at radius 2 is 1.95 bits per heavy atom. The van der Waals surface area contributed by atoms with Crippen molar-refractivity contribution < 1.29 is 13.2 Å². The molecule has 0 spiro atoms. The Balaban J connectivity index is 1.91. The van der Waals surface area contributed by atoms with Crippen molar-refractivity contribution in [3.63, 3.8) is 0 Å². The van der Waals surface area contributed by atoms with Crippen LogP contribution in [0.25, 0.3) is 11.0 Å². The monoisotopic (exact) mass is 278 g/mol. The molecule has 1 aromatic carbocycles. The summed E-state index contributed by atoms with van der Waals surface area (Å²) >= 11 is 0. The van der Waals surface area contributed by atoms with E-state index in [0.717, 1.165) is 24.3 Å². The van der Waals surface area contributed by atoms with Crippen molar-refractivity contribution in [1.82, 2.24) is 0 Å². The molecule has 0 amide bonds. The highest BCUT2D eigenvalue weighted by molar-refractivity contribution is 5.76. The Morgan fingerprint density at radius 1 is 1.15 bits per heavy atom. The molecule has 1 heterocycles. The van der Waals surface area contributed by atoms with Gasteiger partial charge in [-0.25, -0.2) is 4.79 Å². The van der Waals surface area contributed by atoms with Crippen LogP contribution in [0.5, 0.6) is 0 Å². The highest BCUT2D eigenvalue weighted by Crippen LogP contribution is 2.14. The van der Waals surface area contributed by atoms with Crippen molar-refractivity contribution in [3.8, 4) is 0 Å². The molecule has 0 bridgehead atoms. The average molecular weight is 278 g/mol. The zero-order valence-electron chi connectivity index (χ0n) is 11.1. The highest BCUT2D eigenvalue weighted by Gasteiger charge is 2.04. The number of hydrogen-bond donors (Lipinski definition) is 0. The Morgan fingerprint density at radius 3 is 2.75 bits per heavy atom. The Hall–Kier alpha value is -1.97. The SMILES string of the molecule is O=c1oc2ccccc2cc1CCCCCC=C(F)F. The van der Waals surface area contributed by atoms with Gasteiger partial charge in [0.25, 0.3) is 6.08 Å². The van der Waals surface area contributed by atoms with Gasteiger partial charge in [-0.3, -0.25) is 0 Å². The summed E-state index contributed by atoms with van der Waals surface area (Å²) in [5.74, 6) is 0. The lowest BCUT2D eigenvalue weighted by Gasteiger charge is -2.02. The first-order valence-electron chi connectivity index (χ1n) is 6.70. The number of para-hydroxylation sites is 1. The molecule has 0 atom stereocenters. The topological polar surface area (TPSA) is 30.2 Å². The first-order valence-corrected chi connectivity index (χ1v) is 6.70. The van der Waals surface area contributed by atoms with Crippen LogP contribution < -0.4 is 5.63 Å². The number of fused-ring (bicyclic) bond motifs is 1. The normalized spacial score (nSPS) is 10.7. The number of rotatable bonds is 6. The van der Waals surface area contributed by atoms with Gasteiger partial charge in [-0.2, -0.15) is 8.78 Å². The van der Waals surface area contributed by atoms with Gasteiger partial charge in [0.05, 0.1) is 0 Å². The number of benzene rings is 1. The van der Waals surface area contributed by atoms with Crippen molar-refractivity contribution in [2.75, 3.05) is 0 Å². The maximum absolute atomic E-state index is 11.8. The summed E-state index contributed by atoms with van der Waals surface area (Å²) in [4.78, 5) is 11.8. The van der Waals surface area contributed by atoms with Crippen LogP contribution in [0.4, 0.5) is 8.78 Å². The van der Waals surface area contributed by atoms with Gasteiger partial charge in [0, 0.05) is 10.9 Å². The summed E-state index contributed by atoms with van der Waals surface area (Å²) in [5.41, 5.74) is 0.930. The lowest BCUT2D eigenvalue weighted by atomic mass is 10.1. The third kappa shape index (κ3) is 4.02. The molecule has 106 valence electrons. The Kier molecular flexibility index (Phi) is 5.04. The van der Waals surface area contributed by atoms with Gasteiger partial charge in [-0.15, -0.1) is 0 Å². The van der Waals surface area contributed by atoms with Gasteiger partial charge < -0.3 is 4.42 Å². The minimum Gasteiger partial charge on any atom is -0.423 e. The second-order valence-corrected chi connectivity index (χ2v) is 4.69. The van der Waals surface area contributed by atoms with E-state index in [1.54, 1.807) is 6.07 Å². The van der Waals surface area contributed by atoms with E-state index < -0.39 is 6.08 Å². The fourth-order valence-corrected chi connectivity index (χ4v) is 2.13. The standard InChI is InChI=1S/C16H16F2O2/c17-15(18)10-4-2-1-3-8-13-11-12-7-5-6-9-14(12)20-16(13)19/h5-7,9-11H,1-4,8H2. The third-order valence-corrected chi connectivity index (χ3v) is 3.16. The third-order valence-electron chi connectivity index (χ3n) is 3.16. The van der Waals surface area contributed by atoms with Crippen molar-refractivity contribution >= 4 is 11.0 Å². The molecule has 0 aliphatic heterocycles.